The standard InChI is InChI=1S/C77H139NO18/c1-3-5-7-9-11-13-15-17-19-21-23-25-27-29-30-31-33-35-37-39-41-43-45-47-49-51-53-55-65(83)78-60(61(82)54-52-50-48-46-44-42-40-38-36-34-32-28-26-24-22-20-18-16-14-12-10-8-6-4-2)59-91-75-71(89)68(86)73(63(57-80)93-75)96-77-72(90)69(87)74(64(58-81)94-77)95-76-70(88)67(85)66(84)62(56-79)92-76/h15,17,21,23,36,38,44,46,52,54,60-64,66-77,79-82,84-90H,3-14,16,18-20,22,24-35,37,39-43,45,47-51,53,55-59H2,1-2H3,(H,78,83)/b17-15-,23-21-,38-36+,46-44+,54-52+. The third-order valence-corrected chi connectivity index (χ3v) is 19.0. The Balaban J connectivity index is 1.42. The Hall–Kier alpha value is -2.51. The summed E-state index contributed by atoms with van der Waals surface area (Å²) in [6.07, 6.45) is 46.3. The highest BCUT2D eigenvalue weighted by molar-refractivity contribution is 5.76. The summed E-state index contributed by atoms with van der Waals surface area (Å²) < 4.78 is 34.4. The molecule has 0 aromatic rings. The van der Waals surface area contributed by atoms with E-state index in [0.29, 0.717) is 12.8 Å². The van der Waals surface area contributed by atoms with Gasteiger partial charge in [-0.1, -0.05) is 267 Å². The molecule has 19 heteroatoms. The van der Waals surface area contributed by atoms with E-state index in [0.717, 1.165) is 51.4 Å². The first-order chi connectivity index (χ1) is 46.8. The molecular formula is C77H139NO18. The molecule has 0 saturated carbocycles. The van der Waals surface area contributed by atoms with E-state index in [1.54, 1.807) is 6.08 Å². The van der Waals surface area contributed by atoms with Gasteiger partial charge in [0.15, 0.2) is 18.9 Å². The first kappa shape index (κ1) is 87.7. The Kier molecular flexibility index (Phi) is 53.0. The van der Waals surface area contributed by atoms with E-state index in [1.165, 1.54) is 205 Å². The first-order valence-electron chi connectivity index (χ1n) is 38.5. The van der Waals surface area contributed by atoms with Crippen LogP contribution in [-0.4, -0.2) is 193 Å². The SMILES string of the molecule is CCCCCCC/C=C\C/C=C\CCCCCCCCCCCCCCCCCC(=O)NC(COC1OC(CO)C(OC2OC(CO)C(OC3OC(CO)C(O)C(O)C3O)C(O)C2O)C(O)C1O)C(O)/C=C/CC/C=C/CC/C=C/CCCCCCCCCCCCCCCC. The zero-order chi connectivity index (χ0) is 69.6. The molecule has 0 aromatic carbocycles. The van der Waals surface area contributed by atoms with Crippen molar-refractivity contribution in [3.8, 4) is 0 Å². The van der Waals surface area contributed by atoms with Crippen molar-refractivity contribution in [2.75, 3.05) is 26.4 Å². The molecule has 0 aromatic heterocycles. The van der Waals surface area contributed by atoms with Gasteiger partial charge in [-0.2, -0.15) is 0 Å². The minimum absolute atomic E-state index is 0.231. The van der Waals surface area contributed by atoms with Gasteiger partial charge in [-0.15, -0.1) is 0 Å². The third-order valence-electron chi connectivity index (χ3n) is 19.0. The molecule has 0 aliphatic carbocycles. The molecule has 3 rings (SSSR count). The molecule has 19 nitrogen and oxygen atoms in total. The predicted molar refractivity (Wildman–Crippen MR) is 379 cm³/mol. The van der Waals surface area contributed by atoms with Crippen molar-refractivity contribution >= 4 is 5.91 Å². The fraction of sp³-hybridized carbons (Fsp3) is 0.857. The Labute approximate surface area is 579 Å². The first-order valence-corrected chi connectivity index (χ1v) is 38.5. The molecule has 3 heterocycles. The summed E-state index contributed by atoms with van der Waals surface area (Å²) >= 11 is 0. The maximum atomic E-state index is 13.5. The molecule has 3 aliphatic rings. The van der Waals surface area contributed by atoms with E-state index in [4.69, 9.17) is 28.4 Å². The number of aliphatic hydroxyl groups is 11. The van der Waals surface area contributed by atoms with Crippen molar-refractivity contribution < 1.29 is 89.4 Å². The van der Waals surface area contributed by atoms with Crippen LogP contribution in [0.15, 0.2) is 60.8 Å². The Morgan fingerprint density at radius 3 is 1.10 bits per heavy atom. The highest BCUT2D eigenvalue weighted by Crippen LogP contribution is 2.33. The van der Waals surface area contributed by atoms with Gasteiger partial charge >= 0.3 is 0 Å². The lowest BCUT2D eigenvalue weighted by Gasteiger charge is -2.48. The molecule has 12 N–H and O–H groups in total. The van der Waals surface area contributed by atoms with Gasteiger partial charge in [0.1, 0.15) is 73.2 Å². The van der Waals surface area contributed by atoms with Gasteiger partial charge in [0.25, 0.3) is 0 Å². The van der Waals surface area contributed by atoms with Gasteiger partial charge in [-0.05, 0) is 77.0 Å². The second-order valence-electron chi connectivity index (χ2n) is 27.4. The van der Waals surface area contributed by atoms with E-state index < -0.39 is 124 Å². The number of aliphatic hydroxyl groups excluding tert-OH is 11. The van der Waals surface area contributed by atoms with Crippen molar-refractivity contribution in [3.63, 3.8) is 0 Å². The molecule has 3 saturated heterocycles. The van der Waals surface area contributed by atoms with Gasteiger partial charge in [0.05, 0.1) is 38.6 Å². The highest BCUT2D eigenvalue weighted by Gasteiger charge is 2.53. The van der Waals surface area contributed by atoms with Gasteiger partial charge in [-0.3, -0.25) is 4.79 Å². The quantitative estimate of drug-likeness (QED) is 0.0199. The molecule has 3 fully saturated rings. The number of rotatable bonds is 60. The summed E-state index contributed by atoms with van der Waals surface area (Å²) in [4.78, 5) is 13.5. The number of allylic oxidation sites excluding steroid dienone is 9. The smallest absolute Gasteiger partial charge is 0.220 e. The van der Waals surface area contributed by atoms with E-state index in [2.05, 4.69) is 67.8 Å². The van der Waals surface area contributed by atoms with Crippen molar-refractivity contribution in [3.05, 3.63) is 60.8 Å². The average Bonchev–Trinajstić information content (AvgIpc) is 1.09. The molecule has 96 heavy (non-hydrogen) atoms. The van der Waals surface area contributed by atoms with E-state index in [1.807, 2.05) is 6.08 Å². The predicted octanol–water partition coefficient (Wildman–Crippen LogP) is 11.9. The van der Waals surface area contributed by atoms with Crippen LogP contribution in [0, 0.1) is 0 Å². The zero-order valence-corrected chi connectivity index (χ0v) is 59.6. The number of ether oxygens (including phenoxy) is 6. The molecule has 0 spiro atoms. The molecule has 17 atom stereocenters. The highest BCUT2D eigenvalue weighted by atomic mass is 16.8. The Morgan fingerprint density at radius 2 is 0.698 bits per heavy atom. The lowest BCUT2D eigenvalue weighted by atomic mass is 9.96. The summed E-state index contributed by atoms with van der Waals surface area (Å²) in [5.41, 5.74) is 0. The van der Waals surface area contributed by atoms with Gasteiger partial charge in [0.2, 0.25) is 5.91 Å². The van der Waals surface area contributed by atoms with Crippen LogP contribution >= 0.6 is 0 Å². The van der Waals surface area contributed by atoms with E-state index >= 15 is 0 Å². The second kappa shape index (κ2) is 58.0. The number of carbonyl (C=O) groups is 1. The molecule has 17 unspecified atom stereocenters. The number of nitrogens with one attached hydrogen (secondary N) is 1. The Bertz CT molecular complexity index is 1970. The topological polar surface area (TPSA) is 307 Å². The normalized spacial score (nSPS) is 27.4. The van der Waals surface area contributed by atoms with Gasteiger partial charge < -0.3 is 89.9 Å². The van der Waals surface area contributed by atoms with E-state index in [9.17, 15) is 61.0 Å². The lowest BCUT2D eigenvalue weighted by Crippen LogP contribution is -2.66. The second-order valence-corrected chi connectivity index (χ2v) is 27.4. The monoisotopic (exact) mass is 1370 g/mol. The minimum atomic E-state index is -1.98. The largest absolute Gasteiger partial charge is 0.394 e. The molecule has 3 aliphatic heterocycles. The summed E-state index contributed by atoms with van der Waals surface area (Å²) in [7, 11) is 0. The van der Waals surface area contributed by atoms with Crippen LogP contribution in [0.2, 0.25) is 0 Å². The summed E-state index contributed by atoms with van der Waals surface area (Å²) in [6.45, 7) is 1.73. The van der Waals surface area contributed by atoms with Gasteiger partial charge in [-0.25, -0.2) is 0 Å². The minimum Gasteiger partial charge on any atom is -0.394 e. The number of hydrogen-bond donors (Lipinski definition) is 12. The number of amides is 1. The number of unbranched alkanes of at least 4 members (excludes halogenated alkanes) is 36. The van der Waals surface area contributed by atoms with Crippen LogP contribution in [0.5, 0.6) is 0 Å². The van der Waals surface area contributed by atoms with Crippen molar-refractivity contribution in [1.82, 2.24) is 5.32 Å². The van der Waals surface area contributed by atoms with Crippen molar-refractivity contribution in [2.45, 2.75) is 394 Å². The van der Waals surface area contributed by atoms with Gasteiger partial charge in [0, 0.05) is 6.42 Å². The van der Waals surface area contributed by atoms with Crippen LogP contribution in [0.1, 0.15) is 290 Å². The third kappa shape index (κ3) is 38.5. The lowest BCUT2D eigenvalue weighted by molar-refractivity contribution is -0.379. The zero-order valence-electron chi connectivity index (χ0n) is 59.6. The molecular weight excluding hydrogens is 1230 g/mol. The van der Waals surface area contributed by atoms with Crippen molar-refractivity contribution in [2.24, 2.45) is 0 Å². The van der Waals surface area contributed by atoms with Crippen LogP contribution < -0.4 is 5.32 Å². The maximum Gasteiger partial charge on any atom is 0.220 e. The van der Waals surface area contributed by atoms with Crippen LogP contribution in [0.3, 0.4) is 0 Å². The number of carbonyl (C=O) groups excluding carboxylic acids is 1. The maximum absolute atomic E-state index is 13.5. The summed E-state index contributed by atoms with van der Waals surface area (Å²) in [5, 5.41) is 121. The molecule has 0 radical (unpaired) electrons. The fourth-order valence-electron chi connectivity index (χ4n) is 12.8. The summed E-state index contributed by atoms with van der Waals surface area (Å²) in [5.74, 6) is -0.288. The van der Waals surface area contributed by atoms with Crippen molar-refractivity contribution in [1.29, 1.82) is 0 Å². The Morgan fingerprint density at radius 1 is 0.375 bits per heavy atom. The van der Waals surface area contributed by atoms with E-state index in [-0.39, 0.29) is 18.9 Å². The van der Waals surface area contributed by atoms with Crippen LogP contribution in [0.4, 0.5) is 0 Å². The van der Waals surface area contributed by atoms with Crippen LogP contribution in [-0.2, 0) is 33.2 Å². The molecule has 0 bridgehead atoms. The summed E-state index contributed by atoms with van der Waals surface area (Å²) in [6, 6.07) is -0.999. The fourth-order valence-corrected chi connectivity index (χ4v) is 12.8. The molecule has 560 valence electrons. The average molecular weight is 1370 g/mol. The molecule has 1 amide bonds. The number of hydrogen-bond acceptors (Lipinski definition) is 18. The van der Waals surface area contributed by atoms with Crippen LogP contribution in [0.25, 0.3) is 0 Å².